The van der Waals surface area contributed by atoms with Crippen LogP contribution in [0.5, 0.6) is 11.5 Å². The lowest BCUT2D eigenvalue weighted by molar-refractivity contribution is 0.412. The van der Waals surface area contributed by atoms with Gasteiger partial charge in [0.2, 0.25) is 4.77 Å². The summed E-state index contributed by atoms with van der Waals surface area (Å²) >= 11 is 10.9. The molecule has 3 aromatic heterocycles. The third kappa shape index (κ3) is 2.46. The molecule has 0 aromatic carbocycles. The first-order valence-electron chi connectivity index (χ1n) is 6.34. The zero-order valence-electron chi connectivity index (χ0n) is 11.9. The largest absolute Gasteiger partial charge is 0.495 e. The van der Waals surface area contributed by atoms with Crippen LogP contribution in [0.15, 0.2) is 36.7 Å². The molecule has 0 bridgehead atoms. The van der Waals surface area contributed by atoms with Gasteiger partial charge in [0.05, 0.1) is 26.6 Å². The Bertz CT molecular complexity index is 948. The van der Waals surface area contributed by atoms with Gasteiger partial charge in [-0.15, -0.1) is 0 Å². The highest BCUT2D eigenvalue weighted by molar-refractivity contribution is 7.72. The number of ether oxygens (including phenoxy) is 2. The van der Waals surface area contributed by atoms with E-state index < -0.39 is 0 Å². The zero-order valence-corrected chi connectivity index (χ0v) is 13.5. The van der Waals surface area contributed by atoms with Gasteiger partial charge in [0.25, 0.3) is 0 Å². The van der Waals surface area contributed by atoms with Gasteiger partial charge in [0.1, 0.15) is 23.0 Å². The van der Waals surface area contributed by atoms with Crippen LogP contribution in [0.3, 0.4) is 0 Å². The van der Waals surface area contributed by atoms with Crippen molar-refractivity contribution in [3.8, 4) is 17.3 Å². The molecule has 0 N–H and O–H groups in total. The first-order valence-corrected chi connectivity index (χ1v) is 7.15. The quantitative estimate of drug-likeness (QED) is 0.687. The molecule has 112 valence electrons. The lowest BCUT2D eigenvalue weighted by Crippen LogP contribution is -2.09. The maximum Gasteiger partial charge on any atom is 0.209 e. The minimum Gasteiger partial charge on any atom is -0.495 e. The Labute approximate surface area is 136 Å². The zero-order chi connectivity index (χ0) is 15.7. The molecule has 0 aliphatic heterocycles. The summed E-state index contributed by atoms with van der Waals surface area (Å²) in [6.45, 7) is 0. The maximum atomic E-state index is 5.52. The van der Waals surface area contributed by atoms with Crippen molar-refractivity contribution < 1.29 is 9.47 Å². The van der Waals surface area contributed by atoms with Gasteiger partial charge < -0.3 is 9.47 Å². The number of hydrogen-bond acceptors (Lipinski definition) is 6. The van der Waals surface area contributed by atoms with Gasteiger partial charge >= 0.3 is 0 Å². The summed E-state index contributed by atoms with van der Waals surface area (Å²) in [4.78, 5) is 8.69. The molecule has 3 heterocycles. The smallest absolute Gasteiger partial charge is 0.209 e. The molecule has 0 radical (unpaired) electrons. The Balaban J connectivity index is 2.28. The van der Waals surface area contributed by atoms with Gasteiger partial charge in [-0.1, -0.05) is 0 Å². The third-order valence-corrected chi connectivity index (χ3v) is 3.77. The van der Waals surface area contributed by atoms with E-state index in [1.54, 1.807) is 53.8 Å². The highest BCUT2D eigenvalue weighted by Gasteiger charge is 2.07. The lowest BCUT2D eigenvalue weighted by atomic mass is 10.4. The van der Waals surface area contributed by atoms with Crippen LogP contribution in [0, 0.1) is 9.54 Å². The molecule has 22 heavy (non-hydrogen) atoms. The Morgan fingerprint density at radius 1 is 1.00 bits per heavy atom. The van der Waals surface area contributed by atoms with Crippen LogP contribution in [-0.4, -0.2) is 33.2 Å². The van der Waals surface area contributed by atoms with E-state index in [0.717, 1.165) is 0 Å². The van der Waals surface area contributed by atoms with Crippen LogP contribution >= 0.6 is 24.4 Å². The minimum atomic E-state index is 0.341. The van der Waals surface area contributed by atoms with Crippen molar-refractivity contribution in [1.29, 1.82) is 0 Å². The molecule has 3 aromatic rings. The Morgan fingerprint density at radius 3 is 2.36 bits per heavy atom. The van der Waals surface area contributed by atoms with E-state index in [0.29, 0.717) is 32.5 Å². The predicted molar refractivity (Wildman–Crippen MR) is 87.1 cm³/mol. The SMILES string of the molecule is COc1ccc(-n2c(=S)nc3ccc(OC)cn3c2=S)nc1. The molecule has 0 aliphatic carbocycles. The summed E-state index contributed by atoms with van der Waals surface area (Å²) in [6, 6.07) is 7.18. The standard InChI is InChI=1S/C14H12N4O2S2/c1-19-9-3-5-11(15-7-9)18-13(21)16-12-6-4-10(20-2)8-17(12)14(18)22/h3-8H,1-2H3. The van der Waals surface area contributed by atoms with E-state index >= 15 is 0 Å². The molecular weight excluding hydrogens is 320 g/mol. The third-order valence-electron chi connectivity index (χ3n) is 3.12. The summed E-state index contributed by atoms with van der Waals surface area (Å²) in [5.74, 6) is 1.92. The Hall–Kier alpha value is -2.32. The van der Waals surface area contributed by atoms with Crippen LogP contribution < -0.4 is 9.47 Å². The highest BCUT2D eigenvalue weighted by Crippen LogP contribution is 2.16. The highest BCUT2D eigenvalue weighted by atomic mass is 32.1. The lowest BCUT2D eigenvalue weighted by Gasteiger charge is -2.10. The van der Waals surface area contributed by atoms with E-state index in [1.807, 2.05) is 6.07 Å². The fourth-order valence-corrected chi connectivity index (χ4v) is 2.66. The molecule has 0 spiro atoms. The summed E-state index contributed by atoms with van der Waals surface area (Å²) in [5, 5.41) is 0. The molecule has 0 fully saturated rings. The van der Waals surface area contributed by atoms with Crippen LogP contribution in [0.25, 0.3) is 11.5 Å². The van der Waals surface area contributed by atoms with Crippen molar-refractivity contribution in [2.24, 2.45) is 0 Å². The topological polar surface area (TPSA) is 53.6 Å². The molecule has 3 rings (SSSR count). The number of aromatic nitrogens is 4. The fourth-order valence-electron chi connectivity index (χ4n) is 2.00. The molecule has 0 unspecified atom stereocenters. The number of methoxy groups -OCH3 is 2. The summed E-state index contributed by atoms with van der Waals surface area (Å²) in [7, 11) is 3.18. The number of hydrogen-bond donors (Lipinski definition) is 0. The molecule has 8 heteroatoms. The Morgan fingerprint density at radius 2 is 1.73 bits per heavy atom. The van der Waals surface area contributed by atoms with Gasteiger partial charge in [-0.25, -0.2) is 14.5 Å². The Kier molecular flexibility index (Phi) is 3.86. The fraction of sp³-hybridized carbons (Fsp3) is 0.143. The normalized spacial score (nSPS) is 10.6. The molecule has 0 saturated heterocycles. The second kappa shape index (κ2) is 5.82. The van der Waals surface area contributed by atoms with E-state index in [9.17, 15) is 0 Å². The first kappa shape index (κ1) is 14.6. The van der Waals surface area contributed by atoms with Crippen LogP contribution in [0.1, 0.15) is 0 Å². The average molecular weight is 332 g/mol. The number of fused-ring (bicyclic) bond motifs is 1. The number of nitrogens with zero attached hydrogens (tertiary/aromatic N) is 4. The van der Waals surface area contributed by atoms with Crippen LogP contribution in [0.2, 0.25) is 0 Å². The summed E-state index contributed by atoms with van der Waals surface area (Å²) in [6.07, 6.45) is 3.37. The second-order valence-corrected chi connectivity index (χ2v) is 5.10. The van der Waals surface area contributed by atoms with Gasteiger partial charge in [-0.3, -0.25) is 4.40 Å². The van der Waals surface area contributed by atoms with Gasteiger partial charge in [0, 0.05) is 0 Å². The number of pyridine rings is 2. The first-order chi connectivity index (χ1) is 10.6. The van der Waals surface area contributed by atoms with E-state index in [2.05, 4.69) is 9.97 Å². The molecular formula is C14H12N4O2S2. The van der Waals surface area contributed by atoms with Crippen molar-refractivity contribution in [3.05, 3.63) is 46.2 Å². The van der Waals surface area contributed by atoms with Crippen LogP contribution in [0.4, 0.5) is 0 Å². The van der Waals surface area contributed by atoms with Crippen molar-refractivity contribution >= 4 is 30.1 Å². The van der Waals surface area contributed by atoms with E-state index in [1.165, 1.54) is 0 Å². The van der Waals surface area contributed by atoms with Crippen molar-refractivity contribution in [2.45, 2.75) is 0 Å². The second-order valence-electron chi connectivity index (χ2n) is 4.37. The predicted octanol–water partition coefficient (Wildman–Crippen LogP) is 3.00. The van der Waals surface area contributed by atoms with E-state index in [4.69, 9.17) is 33.9 Å². The molecule has 0 atom stereocenters. The molecule has 0 saturated carbocycles. The van der Waals surface area contributed by atoms with Crippen molar-refractivity contribution in [2.75, 3.05) is 14.2 Å². The van der Waals surface area contributed by atoms with Crippen molar-refractivity contribution in [3.63, 3.8) is 0 Å². The summed E-state index contributed by atoms with van der Waals surface area (Å²) in [5.41, 5.74) is 0.653. The van der Waals surface area contributed by atoms with Gasteiger partial charge in [0.15, 0.2) is 4.77 Å². The minimum absolute atomic E-state index is 0.341. The average Bonchev–Trinajstić information content (AvgIpc) is 2.55. The molecule has 6 nitrogen and oxygen atoms in total. The molecule has 0 aliphatic rings. The van der Waals surface area contributed by atoms with Crippen molar-refractivity contribution in [1.82, 2.24) is 18.9 Å². The summed E-state index contributed by atoms with van der Waals surface area (Å²) < 4.78 is 14.5. The van der Waals surface area contributed by atoms with Gasteiger partial charge in [-0.05, 0) is 48.7 Å². The maximum absolute atomic E-state index is 5.52. The van der Waals surface area contributed by atoms with Crippen LogP contribution in [-0.2, 0) is 0 Å². The van der Waals surface area contributed by atoms with E-state index in [-0.39, 0.29) is 0 Å². The monoisotopic (exact) mass is 332 g/mol. The molecule has 0 amide bonds. The van der Waals surface area contributed by atoms with Gasteiger partial charge in [-0.2, -0.15) is 0 Å². The number of rotatable bonds is 3.